The van der Waals surface area contributed by atoms with Crippen molar-refractivity contribution in [2.45, 2.75) is 80.2 Å². The van der Waals surface area contributed by atoms with Crippen molar-refractivity contribution in [1.82, 2.24) is 15.8 Å². The van der Waals surface area contributed by atoms with Gasteiger partial charge < -0.3 is 20.0 Å². The first kappa shape index (κ1) is 30.5. The van der Waals surface area contributed by atoms with Gasteiger partial charge in [-0.3, -0.25) is 19.4 Å². The third-order valence-electron chi connectivity index (χ3n) is 5.52. The number of nitrogens with two attached hydrogens (primary N) is 1. The summed E-state index contributed by atoms with van der Waals surface area (Å²) >= 11 is 16.8. The van der Waals surface area contributed by atoms with Crippen molar-refractivity contribution in [1.29, 1.82) is 0 Å². The number of carbonyl (C=O) groups excluding carboxylic acids is 3. The fraction of sp³-hybridized carbons (Fsp3) is 0.850. The number of hydrogen-bond donors (Lipinski definition) is 3. The molecule has 4 N–H and O–H groups in total. The number of alkyl halides is 3. The van der Waals surface area contributed by atoms with Crippen LogP contribution >= 0.6 is 45.1 Å². The molecule has 1 aliphatic rings. The number of esters is 1. The normalized spacial score (nSPS) is 21.1. The maximum absolute atomic E-state index is 12.8. The molecule has 4 unspecified atom stereocenters. The van der Waals surface area contributed by atoms with Gasteiger partial charge >= 0.3 is 5.97 Å². The summed E-state index contributed by atoms with van der Waals surface area (Å²) in [6.45, 7) is 9.49. The Bertz CT molecular complexity index is 715. The van der Waals surface area contributed by atoms with Gasteiger partial charge in [0.15, 0.2) is 0 Å². The highest BCUT2D eigenvalue weighted by Crippen LogP contribution is 2.54. The standard InChI is InChI=1S/C20H37Cl3N4O5S/c1-12(25-16(28)15(24)13(2)32-33(6,7)19(3,4)5)17(29)27-10-8-9-14(26-27)18(30)31-11-20(21,22)23/h12-15,26H,8-11,24H2,1-7H3,(H,25,28). The molecular formula is C20H37Cl3N4O5S. The van der Waals surface area contributed by atoms with E-state index in [9.17, 15) is 14.4 Å². The van der Waals surface area contributed by atoms with Crippen LogP contribution in [0.1, 0.15) is 47.5 Å². The second kappa shape index (κ2) is 12.0. The SMILES string of the molecule is CC(NC(=O)C(N)C(C)OS(C)(C)C(C)(C)C)C(=O)N1CCCC(C(=O)OCC(Cl)(Cl)Cl)N1. The van der Waals surface area contributed by atoms with Crippen LogP contribution in [0.25, 0.3) is 0 Å². The molecule has 0 radical (unpaired) electrons. The van der Waals surface area contributed by atoms with Crippen LogP contribution in [0, 0.1) is 0 Å². The monoisotopic (exact) mass is 550 g/mol. The lowest BCUT2D eigenvalue weighted by Crippen LogP contribution is -2.61. The number of amides is 2. The highest BCUT2D eigenvalue weighted by Gasteiger charge is 2.36. The molecule has 1 fully saturated rings. The van der Waals surface area contributed by atoms with Gasteiger partial charge in [-0.2, -0.15) is 0 Å². The molecule has 1 aliphatic heterocycles. The van der Waals surface area contributed by atoms with Crippen molar-refractivity contribution in [3.63, 3.8) is 0 Å². The van der Waals surface area contributed by atoms with Crippen LogP contribution in [0.15, 0.2) is 0 Å². The fourth-order valence-electron chi connectivity index (χ4n) is 2.77. The van der Waals surface area contributed by atoms with E-state index in [0.29, 0.717) is 19.4 Å². The second-order valence-electron chi connectivity index (χ2n) is 9.44. The lowest BCUT2D eigenvalue weighted by Gasteiger charge is -2.46. The van der Waals surface area contributed by atoms with E-state index in [1.807, 2.05) is 12.5 Å². The molecule has 2 amide bonds. The maximum atomic E-state index is 12.8. The minimum Gasteiger partial charge on any atom is -0.460 e. The van der Waals surface area contributed by atoms with E-state index in [1.54, 1.807) is 13.8 Å². The van der Waals surface area contributed by atoms with Crippen molar-refractivity contribution in [3.8, 4) is 0 Å². The van der Waals surface area contributed by atoms with E-state index in [-0.39, 0.29) is 4.75 Å². The van der Waals surface area contributed by atoms with E-state index < -0.39 is 62.7 Å². The Morgan fingerprint density at radius 2 is 1.79 bits per heavy atom. The van der Waals surface area contributed by atoms with Crippen LogP contribution in [-0.4, -0.2) is 81.2 Å². The van der Waals surface area contributed by atoms with E-state index in [4.69, 9.17) is 49.5 Å². The minimum absolute atomic E-state index is 0.0862. The summed E-state index contributed by atoms with van der Waals surface area (Å²) in [7, 11) is -1.48. The molecule has 1 rings (SSSR count). The third-order valence-corrected chi connectivity index (χ3v) is 9.58. The Labute approximate surface area is 213 Å². The van der Waals surface area contributed by atoms with Gasteiger partial charge in [-0.25, -0.2) is 5.43 Å². The predicted molar refractivity (Wildman–Crippen MR) is 134 cm³/mol. The summed E-state index contributed by atoms with van der Waals surface area (Å²) in [4.78, 5) is 37.7. The molecule has 0 bridgehead atoms. The largest absolute Gasteiger partial charge is 0.460 e. The average Bonchev–Trinajstić information content (AvgIpc) is 2.68. The highest BCUT2D eigenvalue weighted by molar-refractivity contribution is 8.29. The number of halogens is 3. The molecular weight excluding hydrogens is 515 g/mol. The Morgan fingerprint density at radius 1 is 1.21 bits per heavy atom. The number of nitrogens with zero attached hydrogens (tertiary/aromatic N) is 1. The van der Waals surface area contributed by atoms with Crippen molar-refractivity contribution in [2.24, 2.45) is 5.73 Å². The van der Waals surface area contributed by atoms with Gasteiger partial charge in [0.1, 0.15) is 24.7 Å². The molecule has 0 saturated carbocycles. The van der Waals surface area contributed by atoms with Crippen LogP contribution in [0.5, 0.6) is 0 Å². The topological polar surface area (TPSA) is 123 Å². The van der Waals surface area contributed by atoms with E-state index in [0.717, 1.165) is 0 Å². The molecule has 0 aliphatic carbocycles. The van der Waals surface area contributed by atoms with Crippen LogP contribution in [0.3, 0.4) is 0 Å². The van der Waals surface area contributed by atoms with E-state index >= 15 is 0 Å². The minimum atomic E-state index is -1.72. The summed E-state index contributed by atoms with van der Waals surface area (Å²) in [5.74, 6) is -1.54. The van der Waals surface area contributed by atoms with Gasteiger partial charge in [-0.1, -0.05) is 55.6 Å². The molecule has 4 atom stereocenters. The van der Waals surface area contributed by atoms with Gasteiger partial charge in [0.25, 0.3) is 5.91 Å². The Balaban J connectivity index is 2.65. The zero-order chi connectivity index (χ0) is 25.8. The first-order chi connectivity index (χ1) is 14.9. The molecule has 1 saturated heterocycles. The molecule has 1 heterocycles. The quantitative estimate of drug-likeness (QED) is 0.313. The number of nitrogens with one attached hydrogen (secondary N) is 2. The Kier molecular flexibility index (Phi) is 11.1. The first-order valence-electron chi connectivity index (χ1n) is 10.6. The lowest BCUT2D eigenvalue weighted by atomic mass is 10.1. The van der Waals surface area contributed by atoms with Crippen molar-refractivity contribution < 1.29 is 23.3 Å². The molecule has 0 aromatic heterocycles. The first-order valence-corrected chi connectivity index (χ1v) is 14.1. The Hall–Kier alpha value is -0.490. The van der Waals surface area contributed by atoms with E-state index in [1.165, 1.54) is 5.01 Å². The zero-order valence-corrected chi connectivity index (χ0v) is 23.3. The fourth-order valence-corrected chi connectivity index (χ4v) is 4.10. The molecule has 0 aromatic rings. The predicted octanol–water partition coefficient (Wildman–Crippen LogP) is 2.41. The maximum Gasteiger partial charge on any atom is 0.325 e. The highest BCUT2D eigenvalue weighted by atomic mass is 35.6. The van der Waals surface area contributed by atoms with Crippen LogP contribution in [0.2, 0.25) is 0 Å². The molecule has 0 aromatic carbocycles. The van der Waals surface area contributed by atoms with Crippen LogP contribution < -0.4 is 16.5 Å². The summed E-state index contributed by atoms with van der Waals surface area (Å²) in [6, 6.07) is -2.59. The summed E-state index contributed by atoms with van der Waals surface area (Å²) in [5, 5.41) is 3.92. The number of rotatable bonds is 8. The molecule has 9 nitrogen and oxygen atoms in total. The zero-order valence-electron chi connectivity index (χ0n) is 20.2. The summed E-state index contributed by atoms with van der Waals surface area (Å²) < 4.78 is 9.32. The van der Waals surface area contributed by atoms with Gasteiger partial charge in [0.05, 0.1) is 6.10 Å². The smallest absolute Gasteiger partial charge is 0.325 e. The third kappa shape index (κ3) is 9.58. The van der Waals surface area contributed by atoms with Gasteiger partial charge in [-0.05, 0) is 39.2 Å². The van der Waals surface area contributed by atoms with Gasteiger partial charge in [0.2, 0.25) is 9.70 Å². The van der Waals surface area contributed by atoms with Gasteiger partial charge in [-0.15, -0.1) is 10.3 Å². The number of hydrogen-bond acceptors (Lipinski definition) is 7. The van der Waals surface area contributed by atoms with Crippen molar-refractivity contribution in [3.05, 3.63) is 0 Å². The number of carbonyl (C=O) groups is 3. The lowest BCUT2D eigenvalue weighted by molar-refractivity contribution is -0.152. The van der Waals surface area contributed by atoms with Crippen molar-refractivity contribution in [2.75, 3.05) is 25.7 Å². The van der Waals surface area contributed by atoms with E-state index in [2.05, 4.69) is 31.5 Å². The average molecular weight is 552 g/mol. The van der Waals surface area contributed by atoms with Crippen LogP contribution in [0.4, 0.5) is 0 Å². The number of ether oxygens (including phenoxy) is 1. The summed E-state index contributed by atoms with van der Waals surface area (Å²) in [5.41, 5.74) is 8.93. The number of hydrazine groups is 1. The van der Waals surface area contributed by atoms with Crippen LogP contribution in [-0.2, 0) is 23.3 Å². The molecule has 33 heavy (non-hydrogen) atoms. The molecule has 13 heteroatoms. The summed E-state index contributed by atoms with van der Waals surface area (Å²) in [6.07, 6.45) is 4.52. The second-order valence-corrected chi connectivity index (χ2v) is 15.8. The Morgan fingerprint density at radius 3 is 2.30 bits per heavy atom. The molecule has 194 valence electrons. The van der Waals surface area contributed by atoms with Gasteiger partial charge in [0, 0.05) is 11.3 Å². The molecule has 0 spiro atoms. The van der Waals surface area contributed by atoms with Crippen molar-refractivity contribution >= 4 is 62.9 Å².